The highest BCUT2D eigenvalue weighted by molar-refractivity contribution is 6.00. The van der Waals surface area contributed by atoms with E-state index in [1.807, 2.05) is 36.0 Å². The van der Waals surface area contributed by atoms with Crippen LogP contribution in [0.4, 0.5) is 10.6 Å². The number of ether oxygens (including phenoxy) is 1. The minimum atomic E-state index is -0.811. The van der Waals surface area contributed by atoms with Crippen LogP contribution in [-0.4, -0.2) is 72.7 Å². The van der Waals surface area contributed by atoms with Crippen LogP contribution in [-0.2, 0) is 0 Å². The summed E-state index contributed by atoms with van der Waals surface area (Å²) in [4.78, 5) is 20.5. The molecule has 4 aromatic heterocycles. The van der Waals surface area contributed by atoms with Crippen LogP contribution in [0.15, 0.2) is 36.8 Å². The Labute approximate surface area is 196 Å². The summed E-state index contributed by atoms with van der Waals surface area (Å²) < 4.78 is 7.60. The molecule has 1 amide bonds. The van der Waals surface area contributed by atoms with Crippen LogP contribution in [0.5, 0.6) is 5.75 Å². The third kappa shape index (κ3) is 3.24. The molecule has 0 saturated carbocycles. The summed E-state index contributed by atoms with van der Waals surface area (Å²) in [6.45, 7) is 4.63. The Balaban J connectivity index is 1.33. The van der Waals surface area contributed by atoms with Crippen LogP contribution < -0.4 is 9.64 Å². The molecule has 0 aromatic carbocycles. The van der Waals surface area contributed by atoms with E-state index in [-0.39, 0.29) is 5.54 Å². The number of rotatable bonds is 4. The number of amides is 1. The van der Waals surface area contributed by atoms with Gasteiger partial charge < -0.3 is 19.6 Å². The Morgan fingerprint density at radius 2 is 2.15 bits per heavy atom. The maximum absolute atomic E-state index is 11.9. The minimum absolute atomic E-state index is 0.299. The van der Waals surface area contributed by atoms with Gasteiger partial charge in [-0.2, -0.15) is 5.10 Å². The lowest BCUT2D eigenvalue weighted by atomic mass is 9.86. The number of carboxylic acid groups (broad SMARTS) is 1. The summed E-state index contributed by atoms with van der Waals surface area (Å²) in [5.41, 5.74) is 3.29. The first-order valence-corrected chi connectivity index (χ1v) is 11.8. The third-order valence-corrected chi connectivity index (χ3v) is 7.21. The van der Waals surface area contributed by atoms with Crippen molar-refractivity contribution in [1.82, 2.24) is 29.7 Å². The average molecular weight is 462 g/mol. The second-order valence-electron chi connectivity index (χ2n) is 9.14. The molecule has 6 rings (SSSR count). The number of piperidine rings is 1. The van der Waals surface area contributed by atoms with Crippen LogP contribution in [0, 0.1) is 0 Å². The van der Waals surface area contributed by atoms with E-state index >= 15 is 0 Å². The van der Waals surface area contributed by atoms with Crippen LogP contribution >= 0.6 is 0 Å². The molecule has 176 valence electrons. The first-order chi connectivity index (χ1) is 16.6. The molecule has 6 heterocycles. The molecule has 0 aliphatic carbocycles. The monoisotopic (exact) mass is 461 g/mol. The number of hydrogen-bond donors (Lipinski definition) is 2. The van der Waals surface area contributed by atoms with Crippen molar-refractivity contribution in [2.24, 2.45) is 0 Å². The van der Waals surface area contributed by atoms with E-state index in [0.717, 1.165) is 71.5 Å². The number of likely N-dealkylation sites (tertiary alicyclic amines) is 1. The van der Waals surface area contributed by atoms with Gasteiger partial charge in [0.2, 0.25) is 0 Å². The highest BCUT2D eigenvalue weighted by Gasteiger charge is 2.46. The van der Waals surface area contributed by atoms with E-state index in [9.17, 15) is 9.90 Å². The number of nitrogens with one attached hydrogen (secondary N) is 1. The molecular formula is C24H27N7O3. The summed E-state index contributed by atoms with van der Waals surface area (Å²) in [5, 5.41) is 22.3. The van der Waals surface area contributed by atoms with Gasteiger partial charge in [-0.15, -0.1) is 5.10 Å². The fourth-order valence-electron chi connectivity index (χ4n) is 5.61. The molecule has 1 atom stereocenters. The van der Waals surface area contributed by atoms with E-state index in [1.165, 1.54) is 0 Å². The van der Waals surface area contributed by atoms with Crippen LogP contribution in [0.25, 0.3) is 27.7 Å². The van der Waals surface area contributed by atoms with Gasteiger partial charge in [-0.1, -0.05) is 0 Å². The molecule has 10 heteroatoms. The molecule has 2 fully saturated rings. The first-order valence-electron chi connectivity index (χ1n) is 11.8. The van der Waals surface area contributed by atoms with Crippen molar-refractivity contribution in [3.8, 4) is 16.9 Å². The van der Waals surface area contributed by atoms with Crippen molar-refractivity contribution >= 4 is 28.5 Å². The van der Waals surface area contributed by atoms with E-state index < -0.39 is 6.09 Å². The lowest BCUT2D eigenvalue weighted by molar-refractivity contribution is 0.0592. The van der Waals surface area contributed by atoms with Crippen molar-refractivity contribution in [2.45, 2.75) is 38.1 Å². The van der Waals surface area contributed by atoms with Crippen LogP contribution in [0.3, 0.4) is 0 Å². The van der Waals surface area contributed by atoms with Gasteiger partial charge in [0.05, 0.1) is 35.4 Å². The van der Waals surface area contributed by atoms with Crippen LogP contribution in [0.1, 0.15) is 32.6 Å². The summed E-state index contributed by atoms with van der Waals surface area (Å²) in [6, 6.07) is 6.10. The van der Waals surface area contributed by atoms with Crippen molar-refractivity contribution in [3.05, 3.63) is 36.8 Å². The number of aromatic nitrogens is 5. The van der Waals surface area contributed by atoms with Crippen molar-refractivity contribution < 1.29 is 14.6 Å². The molecule has 34 heavy (non-hydrogen) atoms. The predicted octanol–water partition coefficient (Wildman–Crippen LogP) is 3.78. The van der Waals surface area contributed by atoms with Crippen molar-refractivity contribution in [1.29, 1.82) is 0 Å². The molecule has 10 nitrogen and oxygen atoms in total. The second kappa shape index (κ2) is 7.89. The molecule has 1 spiro atoms. The summed E-state index contributed by atoms with van der Waals surface area (Å²) in [6.07, 6.45) is 8.49. The van der Waals surface area contributed by atoms with E-state index in [1.54, 1.807) is 11.1 Å². The maximum Gasteiger partial charge on any atom is 0.407 e. The number of hydrogen-bond acceptors (Lipinski definition) is 6. The zero-order chi connectivity index (χ0) is 23.3. The number of aromatic amines is 1. The van der Waals surface area contributed by atoms with Gasteiger partial charge in [-0.05, 0) is 50.8 Å². The largest absolute Gasteiger partial charge is 0.492 e. The first kappa shape index (κ1) is 20.8. The number of fused-ring (bicyclic) bond motifs is 3. The molecule has 0 bridgehead atoms. The number of pyridine rings is 2. The van der Waals surface area contributed by atoms with E-state index in [2.05, 4.69) is 26.3 Å². The van der Waals surface area contributed by atoms with Gasteiger partial charge >= 0.3 is 6.09 Å². The Hall–Kier alpha value is -3.82. The summed E-state index contributed by atoms with van der Waals surface area (Å²) >= 11 is 0. The fraction of sp³-hybridized carbons (Fsp3) is 0.417. The molecule has 0 radical (unpaired) electrons. The molecule has 2 aliphatic rings. The molecule has 2 N–H and O–H groups in total. The Kier molecular flexibility index (Phi) is 4.82. The van der Waals surface area contributed by atoms with Gasteiger partial charge in [0, 0.05) is 37.0 Å². The number of carbonyl (C=O) groups is 1. The molecule has 1 unspecified atom stereocenters. The zero-order valence-electron chi connectivity index (χ0n) is 19.1. The number of nitrogens with zero attached hydrogens (tertiary/aromatic N) is 6. The van der Waals surface area contributed by atoms with Gasteiger partial charge in [0.1, 0.15) is 11.6 Å². The van der Waals surface area contributed by atoms with Crippen molar-refractivity contribution in [3.63, 3.8) is 0 Å². The fourth-order valence-corrected chi connectivity index (χ4v) is 5.61. The summed E-state index contributed by atoms with van der Waals surface area (Å²) in [5.74, 6) is 1.61. The Morgan fingerprint density at radius 3 is 2.94 bits per heavy atom. The Morgan fingerprint density at radius 1 is 1.24 bits per heavy atom. The maximum atomic E-state index is 11.9. The third-order valence-electron chi connectivity index (χ3n) is 7.21. The van der Waals surface area contributed by atoms with Gasteiger partial charge in [0.25, 0.3) is 0 Å². The lowest BCUT2D eigenvalue weighted by Gasteiger charge is -2.43. The van der Waals surface area contributed by atoms with Gasteiger partial charge in [-0.3, -0.25) is 5.10 Å². The quantitative estimate of drug-likeness (QED) is 0.476. The molecule has 4 aromatic rings. The Bertz CT molecular complexity index is 1360. The summed E-state index contributed by atoms with van der Waals surface area (Å²) in [7, 11) is 0. The van der Waals surface area contributed by atoms with Gasteiger partial charge in [0.15, 0.2) is 5.65 Å². The number of anilines is 1. The van der Waals surface area contributed by atoms with Crippen LogP contribution in [0.2, 0.25) is 0 Å². The SMILES string of the molecule is CCOc1cc(-c2ccc(N3CCC4(CCCCN4C(=O)O)C3)nc2)c2c3cn[nH]c3nn2c1. The predicted molar refractivity (Wildman–Crippen MR) is 127 cm³/mol. The molecule has 2 aliphatic heterocycles. The smallest absolute Gasteiger partial charge is 0.407 e. The standard InChI is InChI=1S/C24H27N7O3/c1-2-34-17-11-18(21-19-13-26-27-22(19)28-31(21)14-17)16-5-6-20(25-12-16)29-10-8-24(15-29)7-3-4-9-30(24)23(32)33/h5-6,11-14H,2-4,7-10,15H2,1H3,(H,27,28)(H,32,33). The average Bonchev–Trinajstić information content (AvgIpc) is 3.54. The second-order valence-corrected chi connectivity index (χ2v) is 9.14. The lowest BCUT2D eigenvalue weighted by Crippen LogP contribution is -2.55. The van der Waals surface area contributed by atoms with Gasteiger partial charge in [-0.25, -0.2) is 14.3 Å². The van der Waals surface area contributed by atoms with E-state index in [0.29, 0.717) is 19.7 Å². The van der Waals surface area contributed by atoms with Crippen molar-refractivity contribution in [2.75, 3.05) is 31.1 Å². The topological polar surface area (TPSA) is 112 Å². The number of H-pyrrole nitrogens is 1. The van der Waals surface area contributed by atoms with E-state index in [4.69, 9.17) is 9.72 Å². The zero-order valence-corrected chi connectivity index (χ0v) is 19.1. The molecular weight excluding hydrogens is 434 g/mol. The molecule has 2 saturated heterocycles. The highest BCUT2D eigenvalue weighted by atomic mass is 16.5. The highest BCUT2D eigenvalue weighted by Crippen LogP contribution is 2.39. The normalized spacial score (nSPS) is 20.6. The minimum Gasteiger partial charge on any atom is -0.492 e.